The Morgan fingerprint density at radius 2 is 1.59 bits per heavy atom. The Kier molecular flexibility index (Phi) is 3.51. The van der Waals surface area contributed by atoms with E-state index in [0.29, 0.717) is 13.1 Å². The average molecular weight is 233 g/mol. The van der Waals surface area contributed by atoms with Gasteiger partial charge in [0, 0.05) is 13.1 Å². The number of carbonyl (C=O) groups is 2. The zero-order valence-corrected chi connectivity index (χ0v) is 9.48. The molecule has 0 spiro atoms. The molecule has 1 aromatic rings. The minimum absolute atomic E-state index is 0.236. The van der Waals surface area contributed by atoms with Gasteiger partial charge in [-0.05, 0) is 11.1 Å². The standard InChI is InChI=1S/C12H15N3O2/c13-5-9-1-3-10(4-2-9)6-15-7-11(16)14-12(17)8-15/h1-4H,5-8,13H2,(H,14,16,17). The molecule has 0 saturated carbocycles. The van der Waals surface area contributed by atoms with Gasteiger partial charge in [0.2, 0.25) is 11.8 Å². The maximum absolute atomic E-state index is 11.2. The van der Waals surface area contributed by atoms with Gasteiger partial charge in [-0.1, -0.05) is 24.3 Å². The second-order valence-electron chi connectivity index (χ2n) is 4.14. The van der Waals surface area contributed by atoms with Crippen molar-refractivity contribution in [2.24, 2.45) is 5.73 Å². The van der Waals surface area contributed by atoms with Gasteiger partial charge < -0.3 is 5.73 Å². The number of carbonyl (C=O) groups excluding carboxylic acids is 2. The molecule has 0 aromatic heterocycles. The quantitative estimate of drug-likeness (QED) is 0.697. The molecule has 17 heavy (non-hydrogen) atoms. The molecule has 2 amide bonds. The molecule has 5 heteroatoms. The van der Waals surface area contributed by atoms with Crippen LogP contribution in [0.3, 0.4) is 0 Å². The number of rotatable bonds is 3. The third-order valence-electron chi connectivity index (χ3n) is 2.68. The van der Waals surface area contributed by atoms with Crippen LogP contribution in [0, 0.1) is 0 Å². The molecule has 1 saturated heterocycles. The Bertz CT molecular complexity index is 412. The van der Waals surface area contributed by atoms with Crippen molar-refractivity contribution in [2.45, 2.75) is 13.1 Å². The van der Waals surface area contributed by atoms with Crippen molar-refractivity contribution in [1.29, 1.82) is 0 Å². The minimum Gasteiger partial charge on any atom is -0.326 e. The second kappa shape index (κ2) is 5.07. The van der Waals surface area contributed by atoms with Crippen molar-refractivity contribution in [3.8, 4) is 0 Å². The number of hydrogen-bond donors (Lipinski definition) is 2. The van der Waals surface area contributed by atoms with E-state index in [1.165, 1.54) is 0 Å². The first-order valence-corrected chi connectivity index (χ1v) is 5.50. The lowest BCUT2D eigenvalue weighted by atomic mass is 10.1. The van der Waals surface area contributed by atoms with Crippen LogP contribution < -0.4 is 11.1 Å². The van der Waals surface area contributed by atoms with Crippen LogP contribution in [-0.2, 0) is 22.7 Å². The smallest absolute Gasteiger partial charge is 0.240 e. The summed E-state index contributed by atoms with van der Waals surface area (Å²) < 4.78 is 0. The van der Waals surface area contributed by atoms with Gasteiger partial charge in [-0.25, -0.2) is 0 Å². The molecular formula is C12H15N3O2. The first-order chi connectivity index (χ1) is 8.17. The van der Waals surface area contributed by atoms with Gasteiger partial charge >= 0.3 is 0 Å². The summed E-state index contributed by atoms with van der Waals surface area (Å²) in [7, 11) is 0. The zero-order valence-electron chi connectivity index (χ0n) is 9.48. The first kappa shape index (κ1) is 11.8. The van der Waals surface area contributed by atoms with Crippen molar-refractivity contribution < 1.29 is 9.59 Å². The monoisotopic (exact) mass is 233 g/mol. The highest BCUT2D eigenvalue weighted by Crippen LogP contribution is 2.08. The lowest BCUT2D eigenvalue weighted by molar-refractivity contribution is -0.136. The summed E-state index contributed by atoms with van der Waals surface area (Å²) in [6.07, 6.45) is 0. The van der Waals surface area contributed by atoms with Gasteiger partial charge in [0.15, 0.2) is 0 Å². The van der Waals surface area contributed by atoms with Crippen LogP contribution in [0.15, 0.2) is 24.3 Å². The first-order valence-electron chi connectivity index (χ1n) is 5.50. The molecule has 5 nitrogen and oxygen atoms in total. The Morgan fingerprint density at radius 1 is 1.06 bits per heavy atom. The van der Waals surface area contributed by atoms with Gasteiger partial charge in [-0.3, -0.25) is 19.8 Å². The number of nitrogens with zero attached hydrogens (tertiary/aromatic N) is 1. The van der Waals surface area contributed by atoms with E-state index in [4.69, 9.17) is 5.73 Å². The highest BCUT2D eigenvalue weighted by atomic mass is 16.2. The fourth-order valence-corrected chi connectivity index (χ4v) is 1.85. The second-order valence-corrected chi connectivity index (χ2v) is 4.14. The van der Waals surface area contributed by atoms with Gasteiger partial charge in [0.05, 0.1) is 13.1 Å². The van der Waals surface area contributed by atoms with E-state index in [2.05, 4.69) is 5.32 Å². The van der Waals surface area contributed by atoms with Gasteiger partial charge in [-0.15, -0.1) is 0 Å². The largest absolute Gasteiger partial charge is 0.326 e. The van der Waals surface area contributed by atoms with Crippen LogP contribution in [0.5, 0.6) is 0 Å². The van der Waals surface area contributed by atoms with E-state index >= 15 is 0 Å². The summed E-state index contributed by atoms with van der Waals surface area (Å²) in [4.78, 5) is 24.2. The molecule has 1 fully saturated rings. The van der Waals surface area contributed by atoms with Crippen LogP contribution >= 0.6 is 0 Å². The molecule has 0 bridgehead atoms. The lowest BCUT2D eigenvalue weighted by Gasteiger charge is -2.25. The average Bonchev–Trinajstić information content (AvgIpc) is 2.28. The molecule has 0 radical (unpaired) electrons. The molecule has 1 aromatic carbocycles. The molecule has 90 valence electrons. The molecule has 0 unspecified atom stereocenters. The third-order valence-corrected chi connectivity index (χ3v) is 2.68. The van der Waals surface area contributed by atoms with E-state index in [1.807, 2.05) is 29.2 Å². The van der Waals surface area contributed by atoms with Crippen LogP contribution in [0.1, 0.15) is 11.1 Å². The van der Waals surface area contributed by atoms with Gasteiger partial charge in [0.1, 0.15) is 0 Å². The molecule has 1 heterocycles. The lowest BCUT2D eigenvalue weighted by Crippen LogP contribution is -2.50. The van der Waals surface area contributed by atoms with E-state index in [1.54, 1.807) is 0 Å². The maximum Gasteiger partial charge on any atom is 0.240 e. The molecule has 3 N–H and O–H groups in total. The highest BCUT2D eigenvalue weighted by Gasteiger charge is 2.21. The fourth-order valence-electron chi connectivity index (χ4n) is 1.85. The highest BCUT2D eigenvalue weighted by molar-refractivity contribution is 5.99. The Morgan fingerprint density at radius 3 is 2.12 bits per heavy atom. The third kappa shape index (κ3) is 3.12. The maximum atomic E-state index is 11.2. The molecule has 1 aliphatic rings. The summed E-state index contributed by atoms with van der Waals surface area (Å²) in [5.74, 6) is -0.473. The molecule has 2 rings (SSSR count). The number of imide groups is 1. The number of nitrogens with two attached hydrogens (primary N) is 1. The van der Waals surface area contributed by atoms with Crippen LogP contribution in [0.4, 0.5) is 0 Å². The minimum atomic E-state index is -0.236. The molecular weight excluding hydrogens is 218 g/mol. The number of nitrogens with one attached hydrogen (secondary N) is 1. The van der Waals surface area contributed by atoms with Gasteiger partial charge in [-0.2, -0.15) is 0 Å². The normalized spacial score (nSPS) is 17.0. The van der Waals surface area contributed by atoms with Crippen LogP contribution in [-0.4, -0.2) is 29.8 Å². The predicted octanol–water partition coefficient (Wildman–Crippen LogP) is -0.396. The SMILES string of the molecule is NCc1ccc(CN2CC(=O)NC(=O)C2)cc1. The number of benzene rings is 1. The van der Waals surface area contributed by atoms with Crippen LogP contribution in [0.25, 0.3) is 0 Å². The van der Waals surface area contributed by atoms with Crippen LogP contribution in [0.2, 0.25) is 0 Å². The Balaban J connectivity index is 1.99. The predicted molar refractivity (Wildman–Crippen MR) is 62.8 cm³/mol. The summed E-state index contributed by atoms with van der Waals surface area (Å²) in [5.41, 5.74) is 7.66. The van der Waals surface area contributed by atoms with Gasteiger partial charge in [0.25, 0.3) is 0 Å². The van der Waals surface area contributed by atoms with Crippen molar-refractivity contribution in [2.75, 3.05) is 13.1 Å². The Labute approximate surface area is 99.6 Å². The zero-order chi connectivity index (χ0) is 12.3. The van der Waals surface area contributed by atoms with Crippen molar-refractivity contribution in [3.05, 3.63) is 35.4 Å². The summed E-state index contributed by atoms with van der Waals surface area (Å²) in [6.45, 7) is 1.66. The summed E-state index contributed by atoms with van der Waals surface area (Å²) >= 11 is 0. The van der Waals surface area contributed by atoms with Crippen molar-refractivity contribution in [1.82, 2.24) is 10.2 Å². The molecule has 0 aliphatic carbocycles. The van der Waals surface area contributed by atoms with Crippen molar-refractivity contribution in [3.63, 3.8) is 0 Å². The fraction of sp³-hybridized carbons (Fsp3) is 0.333. The number of amides is 2. The van der Waals surface area contributed by atoms with E-state index in [9.17, 15) is 9.59 Å². The van der Waals surface area contributed by atoms with Crippen molar-refractivity contribution >= 4 is 11.8 Å². The topological polar surface area (TPSA) is 75.4 Å². The molecule has 0 atom stereocenters. The number of piperazine rings is 1. The number of hydrogen-bond acceptors (Lipinski definition) is 4. The van der Waals surface area contributed by atoms with E-state index < -0.39 is 0 Å². The summed E-state index contributed by atoms with van der Waals surface area (Å²) in [5, 5.41) is 2.28. The van der Waals surface area contributed by atoms with E-state index in [0.717, 1.165) is 11.1 Å². The summed E-state index contributed by atoms with van der Waals surface area (Å²) in [6, 6.07) is 7.86. The Hall–Kier alpha value is -1.72. The van der Waals surface area contributed by atoms with E-state index in [-0.39, 0.29) is 24.9 Å². The molecule has 1 aliphatic heterocycles.